The predicted molar refractivity (Wildman–Crippen MR) is 62.7 cm³/mol. The van der Waals surface area contributed by atoms with Crippen molar-refractivity contribution in [2.24, 2.45) is 11.7 Å². The number of nitrogens with two attached hydrogens (primary N) is 1. The molecule has 0 amide bonds. The molecule has 0 aromatic heterocycles. The number of rotatable bonds is 3. The van der Waals surface area contributed by atoms with E-state index in [2.05, 4.69) is 6.92 Å². The largest absolute Gasteiger partial charge is 0.405 e. The molecule has 0 aromatic rings. The summed E-state index contributed by atoms with van der Waals surface area (Å²) >= 11 is 0. The summed E-state index contributed by atoms with van der Waals surface area (Å²) in [5.74, 6) is 0.571. The predicted octanol–water partition coefficient (Wildman–Crippen LogP) is 2.78. The Morgan fingerprint density at radius 2 is 1.94 bits per heavy atom. The zero-order valence-corrected chi connectivity index (χ0v) is 10.6. The van der Waals surface area contributed by atoms with Gasteiger partial charge in [-0.3, -0.25) is 4.90 Å². The van der Waals surface area contributed by atoms with Gasteiger partial charge in [-0.2, -0.15) is 13.2 Å². The summed E-state index contributed by atoms with van der Waals surface area (Å²) in [5.41, 5.74) is 5.51. The lowest BCUT2D eigenvalue weighted by Crippen LogP contribution is -2.55. The molecule has 0 bridgehead atoms. The molecule has 0 aromatic carbocycles. The van der Waals surface area contributed by atoms with Crippen LogP contribution >= 0.6 is 0 Å². The fourth-order valence-electron chi connectivity index (χ4n) is 2.71. The smallest absolute Gasteiger partial charge is 0.326 e. The van der Waals surface area contributed by atoms with E-state index in [1.807, 2.05) is 0 Å². The highest BCUT2D eigenvalue weighted by Crippen LogP contribution is 2.30. The first-order valence-corrected chi connectivity index (χ1v) is 6.42. The van der Waals surface area contributed by atoms with E-state index in [0.29, 0.717) is 19.0 Å². The van der Waals surface area contributed by atoms with Crippen LogP contribution in [0.1, 0.15) is 39.5 Å². The molecular weight excluding hydrogens is 229 g/mol. The van der Waals surface area contributed by atoms with Crippen LogP contribution in [0.5, 0.6) is 0 Å². The van der Waals surface area contributed by atoms with Gasteiger partial charge in [-0.25, -0.2) is 0 Å². The Morgan fingerprint density at radius 1 is 1.29 bits per heavy atom. The first-order chi connectivity index (χ1) is 7.86. The minimum Gasteiger partial charge on any atom is -0.326 e. The Hall–Kier alpha value is -0.290. The second-order valence-corrected chi connectivity index (χ2v) is 5.09. The average molecular weight is 252 g/mol. The average Bonchev–Trinajstić information content (AvgIpc) is 2.40. The van der Waals surface area contributed by atoms with Crippen LogP contribution in [0.15, 0.2) is 0 Å². The van der Waals surface area contributed by atoms with Gasteiger partial charge < -0.3 is 5.73 Å². The molecule has 0 spiro atoms. The maximum Gasteiger partial charge on any atom is 0.405 e. The second kappa shape index (κ2) is 6.05. The van der Waals surface area contributed by atoms with Crippen LogP contribution in [0.4, 0.5) is 13.2 Å². The summed E-state index contributed by atoms with van der Waals surface area (Å²) in [7, 11) is 0. The summed E-state index contributed by atoms with van der Waals surface area (Å²) in [5, 5.41) is 0. The van der Waals surface area contributed by atoms with E-state index in [1.165, 1.54) is 11.8 Å². The highest BCUT2D eigenvalue weighted by Gasteiger charge is 2.45. The topological polar surface area (TPSA) is 29.3 Å². The van der Waals surface area contributed by atoms with Gasteiger partial charge in [0.05, 0.1) is 0 Å². The number of hydrogen-bond acceptors (Lipinski definition) is 2. The number of likely N-dealkylation sites (tertiary alicyclic amines) is 1. The molecule has 102 valence electrons. The van der Waals surface area contributed by atoms with E-state index in [0.717, 1.165) is 25.7 Å². The summed E-state index contributed by atoms with van der Waals surface area (Å²) < 4.78 is 38.8. The zero-order valence-electron chi connectivity index (χ0n) is 10.6. The summed E-state index contributed by atoms with van der Waals surface area (Å²) in [4.78, 5) is 1.53. The van der Waals surface area contributed by atoms with Gasteiger partial charge in [0.1, 0.15) is 6.04 Å². The van der Waals surface area contributed by atoms with Gasteiger partial charge >= 0.3 is 6.18 Å². The minimum absolute atomic E-state index is 0.516. The van der Waals surface area contributed by atoms with Crippen LogP contribution in [0.2, 0.25) is 0 Å². The van der Waals surface area contributed by atoms with Crippen molar-refractivity contribution >= 4 is 0 Å². The van der Waals surface area contributed by atoms with Crippen molar-refractivity contribution in [3.63, 3.8) is 0 Å². The van der Waals surface area contributed by atoms with E-state index in [4.69, 9.17) is 5.73 Å². The Kier molecular flexibility index (Phi) is 5.25. The number of nitrogens with zero attached hydrogens (tertiary/aromatic N) is 1. The standard InChI is InChI=1S/C12H23F3N2/c1-3-10-5-4-7-17(8-6-10)11(9(2)16)12(13,14)15/h9-11H,3-8,16H2,1-2H3. The van der Waals surface area contributed by atoms with Gasteiger partial charge in [0.2, 0.25) is 0 Å². The van der Waals surface area contributed by atoms with E-state index < -0.39 is 18.3 Å². The van der Waals surface area contributed by atoms with E-state index in [1.54, 1.807) is 0 Å². The first-order valence-electron chi connectivity index (χ1n) is 6.42. The zero-order chi connectivity index (χ0) is 13.1. The summed E-state index contributed by atoms with van der Waals surface area (Å²) in [6.07, 6.45) is -0.424. The van der Waals surface area contributed by atoms with Gasteiger partial charge in [0.15, 0.2) is 0 Å². The van der Waals surface area contributed by atoms with Crippen LogP contribution in [0.3, 0.4) is 0 Å². The van der Waals surface area contributed by atoms with Crippen molar-refractivity contribution in [1.82, 2.24) is 4.90 Å². The van der Waals surface area contributed by atoms with Gasteiger partial charge in [0, 0.05) is 6.04 Å². The van der Waals surface area contributed by atoms with Crippen LogP contribution in [-0.2, 0) is 0 Å². The molecule has 1 saturated heterocycles. The number of alkyl halides is 3. The molecule has 1 heterocycles. The van der Waals surface area contributed by atoms with Crippen LogP contribution in [-0.4, -0.2) is 36.2 Å². The monoisotopic (exact) mass is 252 g/mol. The third-order valence-corrected chi connectivity index (χ3v) is 3.69. The number of hydrogen-bond donors (Lipinski definition) is 1. The molecule has 5 heteroatoms. The molecule has 1 fully saturated rings. The van der Waals surface area contributed by atoms with Crippen molar-refractivity contribution in [2.45, 2.75) is 57.8 Å². The second-order valence-electron chi connectivity index (χ2n) is 5.09. The minimum atomic E-state index is -4.22. The highest BCUT2D eigenvalue weighted by atomic mass is 19.4. The normalized spacial score (nSPS) is 27.5. The molecule has 0 saturated carbocycles. The molecule has 3 unspecified atom stereocenters. The molecular formula is C12H23F3N2. The Labute approximate surface area is 101 Å². The van der Waals surface area contributed by atoms with Crippen molar-refractivity contribution in [3.8, 4) is 0 Å². The number of halogens is 3. The lowest BCUT2D eigenvalue weighted by molar-refractivity contribution is -0.188. The fraction of sp³-hybridized carbons (Fsp3) is 1.00. The SMILES string of the molecule is CCC1CCCN(C(C(C)N)C(F)(F)F)CC1. The van der Waals surface area contributed by atoms with Crippen LogP contribution < -0.4 is 5.73 Å². The summed E-state index contributed by atoms with van der Waals surface area (Å²) in [6.45, 7) is 4.58. The Balaban J connectivity index is 2.69. The Morgan fingerprint density at radius 3 is 2.41 bits per heavy atom. The van der Waals surface area contributed by atoms with Gasteiger partial charge in [-0.1, -0.05) is 13.3 Å². The molecule has 1 rings (SSSR count). The molecule has 1 aliphatic heterocycles. The van der Waals surface area contributed by atoms with Gasteiger partial charge in [-0.05, 0) is 45.2 Å². The van der Waals surface area contributed by atoms with Crippen molar-refractivity contribution in [3.05, 3.63) is 0 Å². The van der Waals surface area contributed by atoms with E-state index in [9.17, 15) is 13.2 Å². The molecule has 0 radical (unpaired) electrons. The Bertz CT molecular complexity index is 228. The first kappa shape index (κ1) is 14.8. The van der Waals surface area contributed by atoms with E-state index >= 15 is 0 Å². The quantitative estimate of drug-likeness (QED) is 0.837. The van der Waals surface area contributed by atoms with Crippen LogP contribution in [0, 0.1) is 5.92 Å². The maximum atomic E-state index is 12.9. The molecule has 2 N–H and O–H groups in total. The molecule has 1 aliphatic rings. The molecule has 3 atom stereocenters. The third-order valence-electron chi connectivity index (χ3n) is 3.69. The summed E-state index contributed by atoms with van der Waals surface area (Å²) in [6, 6.07) is -2.36. The van der Waals surface area contributed by atoms with Crippen molar-refractivity contribution < 1.29 is 13.2 Å². The molecule has 0 aliphatic carbocycles. The van der Waals surface area contributed by atoms with Crippen LogP contribution in [0.25, 0.3) is 0 Å². The third kappa shape index (κ3) is 4.14. The van der Waals surface area contributed by atoms with E-state index in [-0.39, 0.29) is 0 Å². The van der Waals surface area contributed by atoms with Crippen molar-refractivity contribution in [2.75, 3.05) is 13.1 Å². The molecule has 17 heavy (non-hydrogen) atoms. The van der Waals surface area contributed by atoms with Gasteiger partial charge in [0.25, 0.3) is 0 Å². The molecule has 2 nitrogen and oxygen atoms in total. The lowest BCUT2D eigenvalue weighted by atomic mass is 9.98. The maximum absolute atomic E-state index is 12.9. The lowest BCUT2D eigenvalue weighted by Gasteiger charge is -2.34. The van der Waals surface area contributed by atoms with Gasteiger partial charge in [-0.15, -0.1) is 0 Å². The fourth-order valence-corrected chi connectivity index (χ4v) is 2.71. The highest BCUT2D eigenvalue weighted by molar-refractivity contribution is 4.87. The van der Waals surface area contributed by atoms with Crippen molar-refractivity contribution in [1.29, 1.82) is 0 Å².